The molecule has 0 aromatic heterocycles. The van der Waals surface area contributed by atoms with Gasteiger partial charge in [-0.1, -0.05) is 64.5 Å². The molecule has 0 radical (unpaired) electrons. The van der Waals surface area contributed by atoms with E-state index in [4.69, 9.17) is 4.74 Å². The van der Waals surface area contributed by atoms with E-state index in [1.807, 2.05) is 30.3 Å². The Kier molecular flexibility index (Phi) is 7.16. The summed E-state index contributed by atoms with van der Waals surface area (Å²) in [7, 11) is -3.79. The normalized spacial score (nSPS) is 11.6. The Hall–Kier alpha value is -3.23. The number of hydrogen-bond donors (Lipinski definition) is 1. The predicted molar refractivity (Wildman–Crippen MR) is 120 cm³/mol. The molecule has 6 nitrogen and oxygen atoms in total. The monoisotopic (exact) mass is 484 g/mol. The highest BCUT2D eigenvalue weighted by Crippen LogP contribution is 2.22. The van der Waals surface area contributed by atoms with Crippen LogP contribution in [0.5, 0.6) is 5.75 Å². The zero-order valence-corrected chi connectivity index (χ0v) is 18.0. The van der Waals surface area contributed by atoms with Crippen molar-refractivity contribution >= 4 is 44.2 Å². The first kappa shape index (κ1) is 21.5. The summed E-state index contributed by atoms with van der Waals surface area (Å²) in [4.78, 5) is 14.4. The predicted octanol–water partition coefficient (Wildman–Crippen LogP) is 4.38. The van der Waals surface area contributed by atoms with Crippen molar-refractivity contribution in [2.24, 2.45) is 5.10 Å². The number of hydrogen-bond acceptors (Lipinski definition) is 5. The minimum absolute atomic E-state index is 0.0918. The molecule has 3 aromatic rings. The van der Waals surface area contributed by atoms with Crippen molar-refractivity contribution in [1.29, 1.82) is 0 Å². The van der Waals surface area contributed by atoms with E-state index in [0.717, 1.165) is 10.0 Å². The number of ether oxygens (including phenoxy) is 1. The molecule has 0 saturated heterocycles. The fourth-order valence-electron chi connectivity index (χ4n) is 2.40. The van der Waals surface area contributed by atoms with Crippen molar-refractivity contribution < 1.29 is 17.9 Å². The van der Waals surface area contributed by atoms with E-state index in [2.05, 4.69) is 25.9 Å². The summed E-state index contributed by atoms with van der Waals surface area (Å²) in [5.41, 5.74) is 1.28. The van der Waals surface area contributed by atoms with E-state index in [1.165, 1.54) is 24.4 Å². The Morgan fingerprint density at radius 1 is 0.967 bits per heavy atom. The summed E-state index contributed by atoms with van der Waals surface area (Å²) < 4.78 is 30.6. The zero-order valence-electron chi connectivity index (χ0n) is 15.6. The molecule has 0 saturated carbocycles. The van der Waals surface area contributed by atoms with Gasteiger partial charge in [0.15, 0.2) is 0 Å². The van der Waals surface area contributed by atoms with Crippen molar-refractivity contribution in [3.8, 4) is 5.75 Å². The number of sulfonamides is 1. The molecule has 8 heteroatoms. The van der Waals surface area contributed by atoms with Crippen LogP contribution in [-0.2, 0) is 14.8 Å². The maximum atomic E-state index is 12.2. The van der Waals surface area contributed by atoms with E-state index in [0.29, 0.717) is 5.56 Å². The molecule has 0 atom stereocenters. The van der Waals surface area contributed by atoms with Crippen molar-refractivity contribution in [3.05, 3.63) is 101 Å². The maximum Gasteiger partial charge on any atom is 0.336 e. The highest BCUT2D eigenvalue weighted by atomic mass is 79.9. The summed E-state index contributed by atoms with van der Waals surface area (Å²) in [6.07, 6.45) is 4.23. The van der Waals surface area contributed by atoms with E-state index in [9.17, 15) is 13.2 Å². The van der Waals surface area contributed by atoms with Gasteiger partial charge in [-0.05, 0) is 42.0 Å². The number of benzene rings is 3. The molecule has 0 fully saturated rings. The lowest BCUT2D eigenvalue weighted by Crippen LogP contribution is -2.18. The van der Waals surface area contributed by atoms with E-state index < -0.39 is 16.0 Å². The standard InChI is InChI=1S/C22H17BrN2O4S/c23-19-12-13-21(29-22(26)14-11-17-7-3-1-4-8-17)18(15-19)16-24-25-30(27,28)20-9-5-2-6-10-20/h1-16,25H/b14-11+,24-16-. The SMILES string of the molecule is O=C(/C=C/c1ccccc1)Oc1ccc(Br)cc1/C=N\NS(=O)(=O)c1ccccc1. The molecule has 0 aliphatic rings. The quantitative estimate of drug-likeness (QED) is 0.177. The van der Waals surface area contributed by atoms with Gasteiger partial charge in [-0.15, -0.1) is 0 Å². The molecular formula is C22H17BrN2O4S. The molecule has 3 rings (SSSR count). The molecule has 0 heterocycles. The highest BCUT2D eigenvalue weighted by Gasteiger charge is 2.12. The second kappa shape index (κ2) is 10.00. The number of carbonyl (C=O) groups excluding carboxylic acids is 1. The Balaban J connectivity index is 1.73. The van der Waals surface area contributed by atoms with Crippen LogP contribution in [0.2, 0.25) is 0 Å². The Bertz CT molecular complexity index is 1180. The van der Waals surface area contributed by atoms with E-state index in [-0.39, 0.29) is 10.6 Å². The van der Waals surface area contributed by atoms with Gasteiger partial charge in [-0.25, -0.2) is 9.63 Å². The largest absolute Gasteiger partial charge is 0.423 e. The van der Waals surface area contributed by atoms with Crippen LogP contribution >= 0.6 is 15.9 Å². The number of carbonyl (C=O) groups is 1. The van der Waals surface area contributed by atoms with Crippen LogP contribution in [0.4, 0.5) is 0 Å². The average molecular weight is 485 g/mol. The van der Waals surface area contributed by atoms with Crippen LogP contribution in [0.1, 0.15) is 11.1 Å². The van der Waals surface area contributed by atoms with E-state index in [1.54, 1.807) is 42.5 Å². The average Bonchev–Trinajstić information content (AvgIpc) is 2.75. The van der Waals surface area contributed by atoms with Crippen molar-refractivity contribution in [2.75, 3.05) is 0 Å². The summed E-state index contributed by atoms with van der Waals surface area (Å²) >= 11 is 3.34. The van der Waals surface area contributed by atoms with Crippen molar-refractivity contribution in [3.63, 3.8) is 0 Å². The lowest BCUT2D eigenvalue weighted by molar-refractivity contribution is -0.128. The summed E-state index contributed by atoms with van der Waals surface area (Å²) in [6, 6.07) is 22.2. The van der Waals surface area contributed by atoms with Crippen LogP contribution in [0.15, 0.2) is 99.4 Å². The van der Waals surface area contributed by atoms with Crippen LogP contribution in [0.25, 0.3) is 6.08 Å². The lowest BCUT2D eigenvalue weighted by Gasteiger charge is -2.07. The third kappa shape index (κ3) is 6.13. The van der Waals surface area contributed by atoms with Crippen molar-refractivity contribution in [2.45, 2.75) is 4.90 Å². The van der Waals surface area contributed by atoms with Gasteiger partial charge in [0.1, 0.15) is 5.75 Å². The number of hydrazone groups is 1. The molecule has 152 valence electrons. The molecule has 0 aliphatic carbocycles. The summed E-state index contributed by atoms with van der Waals surface area (Å²) in [5, 5.41) is 3.80. The highest BCUT2D eigenvalue weighted by molar-refractivity contribution is 9.10. The van der Waals surface area contributed by atoms with E-state index >= 15 is 0 Å². The first-order valence-corrected chi connectivity index (χ1v) is 11.1. The molecule has 0 unspecified atom stereocenters. The number of rotatable bonds is 7. The number of nitrogens with zero attached hydrogens (tertiary/aromatic N) is 1. The first-order chi connectivity index (χ1) is 14.4. The van der Waals surface area contributed by atoms with Crippen LogP contribution < -0.4 is 9.57 Å². The fourth-order valence-corrected chi connectivity index (χ4v) is 3.59. The zero-order chi connectivity index (χ0) is 21.4. The van der Waals surface area contributed by atoms with Gasteiger partial charge in [-0.2, -0.15) is 13.5 Å². The molecule has 1 N–H and O–H groups in total. The van der Waals surface area contributed by atoms with Crippen LogP contribution in [0.3, 0.4) is 0 Å². The maximum absolute atomic E-state index is 12.2. The van der Waals surface area contributed by atoms with Gasteiger partial charge < -0.3 is 4.74 Å². The van der Waals surface area contributed by atoms with Gasteiger partial charge >= 0.3 is 5.97 Å². The molecule has 30 heavy (non-hydrogen) atoms. The molecular weight excluding hydrogens is 468 g/mol. The second-order valence-electron chi connectivity index (χ2n) is 6.01. The Morgan fingerprint density at radius 2 is 1.63 bits per heavy atom. The number of halogens is 1. The topological polar surface area (TPSA) is 84.8 Å². The first-order valence-electron chi connectivity index (χ1n) is 8.78. The molecule has 3 aromatic carbocycles. The van der Waals surface area contributed by atoms with Crippen LogP contribution in [-0.4, -0.2) is 20.6 Å². The van der Waals surface area contributed by atoms with Gasteiger partial charge in [-0.3, -0.25) is 0 Å². The van der Waals surface area contributed by atoms with Crippen LogP contribution in [0, 0.1) is 0 Å². The second-order valence-corrected chi connectivity index (χ2v) is 8.59. The Morgan fingerprint density at radius 3 is 2.33 bits per heavy atom. The summed E-state index contributed by atoms with van der Waals surface area (Å²) in [6.45, 7) is 0. The van der Waals surface area contributed by atoms with Crippen molar-refractivity contribution in [1.82, 2.24) is 4.83 Å². The molecule has 0 aliphatic heterocycles. The molecule has 0 spiro atoms. The van der Waals surface area contributed by atoms with Gasteiger partial charge in [0, 0.05) is 16.1 Å². The summed E-state index contributed by atoms with van der Waals surface area (Å²) in [5.74, 6) is -0.329. The smallest absolute Gasteiger partial charge is 0.336 e. The molecule has 0 bridgehead atoms. The third-order valence-electron chi connectivity index (χ3n) is 3.82. The minimum Gasteiger partial charge on any atom is -0.423 e. The fraction of sp³-hybridized carbons (Fsp3) is 0. The van der Waals surface area contributed by atoms with Gasteiger partial charge in [0.25, 0.3) is 10.0 Å². The number of esters is 1. The number of nitrogens with one attached hydrogen (secondary N) is 1. The lowest BCUT2D eigenvalue weighted by atomic mass is 10.2. The van der Waals surface area contributed by atoms with Gasteiger partial charge in [0.2, 0.25) is 0 Å². The molecule has 0 amide bonds. The third-order valence-corrected chi connectivity index (χ3v) is 5.56. The van der Waals surface area contributed by atoms with Gasteiger partial charge in [0.05, 0.1) is 11.1 Å². The Labute approximate surface area is 183 Å². The minimum atomic E-state index is -3.79.